The monoisotopic (exact) mass is 2020 g/mol. The standard InChI is InChI=1S/C40H48FN9O3.C36H39FN8O3.C35H35FN8O4/c1-10-30(51)48-21-26-20-47(17-11-16-45(7)8)37-35(49(26)19-25(48)6)27-18-28(41)33(31-23(4)12-13-29-36(31)46(9)40(53)43-29)44-38(27)50(39(37)52)34-24(5)14-15-42-32(34)22(2)3;1-9-26(46)43-17-22-16-41(7)33-31(44(22)15-21(43)6)23-14-24(37)29(27-19(4)10-11-25-32(27)42(8)36(48)39-25)40-34(23)45(35(33)47)30-20(5)12-13-38-28(30)18(2)3;1-8-24(45)42-15-23-33(46)40-28-30(43(23)14-19(42)6)20-13-21(36)27(25-17(4)9-10-22-31(25)41(7)35(48)38-22)39-32(20)44(34(28)47)29-18(5)11-12-37-26(29)16(2)3/h10,12-15,18,22,25-26H,1,11,16-17,19-21H2,2-9H3,(H,43,53);9-14,18,21-22H,1,15-17H2,2-8H3,(H,39,48);8-13,16,19,23H,1,14-15H2,2-7H3,(H,38,48)(H,40,46). The predicted octanol–water partition coefficient (Wildman–Crippen LogP) is 13.5. The summed E-state index contributed by atoms with van der Waals surface area (Å²) in [4.78, 5) is 191. The number of fused-ring (bicyclic) bond motifs is 18. The molecule has 0 bridgehead atoms. The van der Waals surface area contributed by atoms with Gasteiger partial charge in [-0.3, -0.25) is 75.9 Å². The van der Waals surface area contributed by atoms with Gasteiger partial charge in [0.1, 0.15) is 57.6 Å². The smallest absolute Gasteiger partial charge is 0.326 e. The van der Waals surface area contributed by atoms with Crippen molar-refractivity contribution >= 4 is 124 Å². The number of hydrogen-bond acceptors (Lipinski definition) is 22. The van der Waals surface area contributed by atoms with Crippen molar-refractivity contribution in [1.82, 2.24) is 91.9 Å². The Morgan fingerprint density at radius 2 is 0.765 bits per heavy atom. The third-order valence-electron chi connectivity index (χ3n) is 30.3. The van der Waals surface area contributed by atoms with Crippen LogP contribution in [0.4, 0.5) is 47.3 Å². The van der Waals surface area contributed by atoms with Gasteiger partial charge in [-0.05, 0) is 213 Å². The fourth-order valence-corrected chi connectivity index (χ4v) is 23.0. The average molecular weight is 2020 g/mol. The van der Waals surface area contributed by atoms with Crippen LogP contribution in [-0.2, 0) is 40.3 Å². The van der Waals surface area contributed by atoms with Crippen LogP contribution in [0.2, 0.25) is 0 Å². The number of anilines is 6. The first-order chi connectivity index (χ1) is 70.9. The molecule has 35 nitrogen and oxygen atoms in total. The van der Waals surface area contributed by atoms with Crippen LogP contribution in [-0.4, -0.2) is 238 Å². The molecule has 149 heavy (non-hydrogen) atoms. The largest absolute Gasteiger partial charge is 0.366 e. The zero-order valence-corrected chi connectivity index (χ0v) is 87.6. The van der Waals surface area contributed by atoms with Crippen LogP contribution < -0.4 is 63.6 Å². The summed E-state index contributed by atoms with van der Waals surface area (Å²) in [6.07, 6.45) is 9.82. The molecule has 15 aromatic rings. The number of likely N-dealkylation sites (N-methyl/N-ethyl adjacent to an activating group) is 1. The zero-order chi connectivity index (χ0) is 107. The van der Waals surface area contributed by atoms with Gasteiger partial charge in [0.15, 0.2) is 16.9 Å². The minimum Gasteiger partial charge on any atom is -0.366 e. The number of aromatic amines is 3. The molecule has 6 aliphatic heterocycles. The van der Waals surface area contributed by atoms with E-state index >= 15 is 22.8 Å². The van der Waals surface area contributed by atoms with E-state index in [0.717, 1.165) is 52.2 Å². The summed E-state index contributed by atoms with van der Waals surface area (Å²) in [5.74, 6) is -3.04. The number of rotatable bonds is 16. The Labute approximate surface area is 856 Å². The van der Waals surface area contributed by atoms with Gasteiger partial charge in [-0.25, -0.2) is 42.5 Å². The second kappa shape index (κ2) is 38.6. The molecule has 0 spiro atoms. The second-order valence-electron chi connectivity index (χ2n) is 41.5. The lowest BCUT2D eigenvalue weighted by Gasteiger charge is -2.52. The van der Waals surface area contributed by atoms with Crippen molar-refractivity contribution in [2.24, 2.45) is 21.1 Å². The minimum atomic E-state index is -0.837. The molecule has 3 aromatic carbocycles. The normalized spacial score (nSPS) is 17.5. The molecule has 21 rings (SSSR count). The Hall–Kier alpha value is -16.2. The van der Waals surface area contributed by atoms with Crippen LogP contribution in [0.15, 0.2) is 158 Å². The Bertz CT molecular complexity index is 8630. The van der Waals surface area contributed by atoms with E-state index in [1.54, 1.807) is 93.9 Å². The highest BCUT2D eigenvalue weighted by molar-refractivity contribution is 6.12. The number of H-pyrrole nitrogens is 3. The Morgan fingerprint density at radius 3 is 1.13 bits per heavy atom. The van der Waals surface area contributed by atoms with Crippen molar-refractivity contribution < 1.29 is 32.3 Å². The fraction of sp³-hybridized carbons (Fsp3) is 0.369. The molecular weight excluding hydrogens is 1900 g/mol. The Balaban J connectivity index is 0.000000141. The van der Waals surface area contributed by atoms with E-state index in [0.29, 0.717) is 174 Å². The summed E-state index contributed by atoms with van der Waals surface area (Å²) in [5.41, 5.74) is 14.0. The number of nitrogens with one attached hydrogen (secondary N) is 4. The predicted molar refractivity (Wildman–Crippen MR) is 578 cm³/mol. The van der Waals surface area contributed by atoms with Gasteiger partial charge in [-0.2, -0.15) is 0 Å². The van der Waals surface area contributed by atoms with Crippen LogP contribution in [0.25, 0.3) is 117 Å². The number of nitrogens with zero attached hydrogens (tertiary/aromatic N) is 21. The molecular formula is C111H122F3N25O10. The molecule has 0 aliphatic carbocycles. The number of carbonyl (C=O) groups excluding carboxylic acids is 4. The van der Waals surface area contributed by atoms with Crippen molar-refractivity contribution in [3.63, 3.8) is 0 Å². The Morgan fingerprint density at radius 1 is 0.423 bits per heavy atom. The summed E-state index contributed by atoms with van der Waals surface area (Å²) < 4.78 is 59.6. The van der Waals surface area contributed by atoms with Crippen LogP contribution >= 0.6 is 0 Å². The highest BCUT2D eigenvalue weighted by Gasteiger charge is 2.48. The van der Waals surface area contributed by atoms with E-state index in [4.69, 9.17) is 24.9 Å². The second-order valence-corrected chi connectivity index (χ2v) is 41.5. The molecule has 772 valence electrons. The van der Waals surface area contributed by atoms with Gasteiger partial charge in [0.2, 0.25) is 23.6 Å². The van der Waals surface area contributed by atoms with Gasteiger partial charge in [-0.15, -0.1) is 0 Å². The fourth-order valence-electron chi connectivity index (χ4n) is 23.0. The lowest BCUT2D eigenvalue weighted by molar-refractivity contribution is -0.131. The van der Waals surface area contributed by atoms with E-state index in [9.17, 15) is 38.4 Å². The number of carbonyl (C=O) groups is 4. The minimum absolute atomic E-state index is 0.00216. The maximum Gasteiger partial charge on any atom is 0.326 e. The SMILES string of the molecule is C=CC(=O)N1CC2C(=O)Nc3c(c4cc(F)c(-c5c(C)ccc6[nH]c(=O)n(C)c56)nc4n(-c4c(C)ccnc4C(C)C)c3=O)N2CC1C.C=CC(=O)N1CC2CN(C)c3c(c4cc(F)c(-c5c(C)ccc6[nH]c(=O)n(C)c56)nc4n(-c4c(C)ccnc4C(C)C)c3=O)N2CC1C.C=CC(=O)N1CC2CN(CCCN(C)C)c3c(c4cc(F)c(-c5c(C)ccc6[nH]c(=O)n(C)c56)nc4n(-c4c(C)ccnc4C(C)C)c3=O)N2CC1C. The molecule has 6 atom stereocenters. The van der Waals surface area contributed by atoms with Gasteiger partial charge in [0.05, 0.1) is 103 Å². The highest BCUT2D eigenvalue weighted by Crippen LogP contribution is 2.49. The summed E-state index contributed by atoms with van der Waals surface area (Å²) in [6.45, 7) is 44.5. The van der Waals surface area contributed by atoms with Crippen LogP contribution in [0.1, 0.15) is 137 Å². The van der Waals surface area contributed by atoms with E-state index < -0.39 is 35.0 Å². The number of hydrogen-bond donors (Lipinski definition) is 4. The topological polar surface area (TPSA) is 366 Å². The van der Waals surface area contributed by atoms with Gasteiger partial charge >= 0.3 is 17.1 Å². The zero-order valence-electron chi connectivity index (χ0n) is 87.6. The van der Waals surface area contributed by atoms with Crippen LogP contribution in [0.3, 0.4) is 0 Å². The first-order valence-electron chi connectivity index (χ1n) is 50.2. The number of aryl methyl sites for hydroxylation is 9. The molecule has 12 aromatic heterocycles. The van der Waals surface area contributed by atoms with Crippen molar-refractivity contribution in [2.45, 2.75) is 164 Å². The summed E-state index contributed by atoms with van der Waals surface area (Å²) in [5, 5.41) is 4.08. The van der Waals surface area contributed by atoms with Crippen LogP contribution in [0.5, 0.6) is 0 Å². The number of benzene rings is 3. The summed E-state index contributed by atoms with van der Waals surface area (Å²) in [6, 6.07) is 18.8. The van der Waals surface area contributed by atoms with Gasteiger partial charge in [0, 0.05) is 150 Å². The summed E-state index contributed by atoms with van der Waals surface area (Å²) >= 11 is 0. The average Bonchev–Trinajstić information content (AvgIpc) is 1.21. The third kappa shape index (κ3) is 16.7. The molecule has 3 saturated heterocycles. The number of halogens is 3. The first-order valence-corrected chi connectivity index (χ1v) is 50.2. The van der Waals surface area contributed by atoms with Crippen molar-refractivity contribution in [1.29, 1.82) is 0 Å². The number of pyridine rings is 9. The molecule has 6 unspecified atom stereocenters. The number of piperazine rings is 3. The molecule has 3 fully saturated rings. The lowest BCUT2D eigenvalue weighted by atomic mass is 9.97. The van der Waals surface area contributed by atoms with Gasteiger partial charge < -0.3 is 64.4 Å². The molecule has 0 radical (unpaired) electrons. The molecule has 38 heteroatoms. The number of amides is 4. The van der Waals surface area contributed by atoms with E-state index in [-0.39, 0.29) is 141 Å². The molecule has 0 saturated carbocycles. The first kappa shape index (κ1) is 101. The number of imidazole rings is 3. The number of aromatic nitrogens is 15. The third-order valence-corrected chi connectivity index (χ3v) is 30.3. The molecule has 4 amide bonds. The lowest BCUT2D eigenvalue weighted by Crippen LogP contribution is -2.64. The van der Waals surface area contributed by atoms with E-state index in [1.165, 1.54) is 54.7 Å². The van der Waals surface area contributed by atoms with Gasteiger partial charge in [0.25, 0.3) is 16.7 Å². The quantitative estimate of drug-likeness (QED) is 0.0653. The van der Waals surface area contributed by atoms with Gasteiger partial charge in [-0.1, -0.05) is 79.5 Å². The van der Waals surface area contributed by atoms with E-state index in [1.807, 2.05) is 159 Å². The molecule has 6 aliphatic rings. The Kier molecular flexibility index (Phi) is 26.3. The van der Waals surface area contributed by atoms with Crippen LogP contribution in [0, 0.1) is 59.0 Å². The maximum atomic E-state index is 17.1. The highest BCUT2D eigenvalue weighted by atomic mass is 19.1. The van der Waals surface area contributed by atoms with E-state index in [2.05, 4.69) is 64.6 Å². The van der Waals surface area contributed by atoms with Crippen molar-refractivity contribution in [3.8, 4) is 50.8 Å². The van der Waals surface area contributed by atoms with Crippen molar-refractivity contribution in [3.05, 3.63) is 260 Å². The van der Waals surface area contributed by atoms with Crippen molar-refractivity contribution in [2.75, 3.05) is 116 Å². The molecule has 18 heterocycles. The summed E-state index contributed by atoms with van der Waals surface area (Å²) in [7, 11) is 10.8. The maximum absolute atomic E-state index is 17.1. The molecule has 4 N–H and O–H groups in total.